The van der Waals surface area contributed by atoms with Crippen molar-refractivity contribution in [3.63, 3.8) is 0 Å². The maximum Gasteiger partial charge on any atom is 0.150 e. The lowest BCUT2D eigenvalue weighted by atomic mass is 10.1. The molecular weight excluding hydrogens is 294 g/mol. The molecule has 0 amide bonds. The molecule has 2 rings (SSSR count). The van der Waals surface area contributed by atoms with Crippen molar-refractivity contribution in [3.05, 3.63) is 40.6 Å². The van der Waals surface area contributed by atoms with Gasteiger partial charge < -0.3 is 5.32 Å². The Morgan fingerprint density at radius 3 is 2.83 bits per heavy atom. The van der Waals surface area contributed by atoms with Crippen molar-refractivity contribution < 1.29 is 0 Å². The van der Waals surface area contributed by atoms with Crippen LogP contribution >= 0.6 is 15.9 Å². The molecule has 0 aromatic carbocycles. The summed E-state index contributed by atoms with van der Waals surface area (Å²) in [5.41, 5.74) is 0.936. The third kappa shape index (κ3) is 2.76. The van der Waals surface area contributed by atoms with Crippen molar-refractivity contribution in [2.75, 3.05) is 7.05 Å². The molecule has 0 saturated carbocycles. The Balaban J connectivity index is 2.32. The molecule has 2 heterocycles. The molecule has 0 aliphatic carbocycles. The van der Waals surface area contributed by atoms with Crippen LogP contribution in [0.4, 0.5) is 0 Å². The fourth-order valence-electron chi connectivity index (χ4n) is 1.85. The number of rotatable bonds is 5. The van der Waals surface area contributed by atoms with E-state index in [9.17, 15) is 0 Å². The number of pyridine rings is 1. The molecule has 6 heteroatoms. The smallest absolute Gasteiger partial charge is 0.150 e. The van der Waals surface area contributed by atoms with E-state index in [-0.39, 0.29) is 6.04 Å². The van der Waals surface area contributed by atoms with E-state index in [2.05, 4.69) is 43.2 Å². The number of hydrogen-bond acceptors (Lipinski definition) is 4. The monoisotopic (exact) mass is 309 g/mol. The number of aryl methyl sites for hydroxylation is 1. The first-order valence-electron chi connectivity index (χ1n) is 5.92. The molecule has 5 nitrogen and oxygen atoms in total. The van der Waals surface area contributed by atoms with Crippen LogP contribution in [-0.4, -0.2) is 26.8 Å². The molecule has 2 aromatic rings. The average molecular weight is 310 g/mol. The quantitative estimate of drug-likeness (QED) is 0.919. The average Bonchev–Trinajstić information content (AvgIpc) is 2.82. The largest absolute Gasteiger partial charge is 0.305 e. The minimum Gasteiger partial charge on any atom is -0.305 e. The first-order chi connectivity index (χ1) is 8.76. The van der Waals surface area contributed by atoms with Gasteiger partial charge in [0.25, 0.3) is 0 Å². The SMILES string of the molecule is CCCn1ncnc1C(NC)c1ccc(Br)cn1. The summed E-state index contributed by atoms with van der Waals surface area (Å²) in [6, 6.07) is 3.93. The van der Waals surface area contributed by atoms with Gasteiger partial charge in [0.2, 0.25) is 0 Å². The second-order valence-corrected chi connectivity index (χ2v) is 4.88. The Labute approximate surface area is 115 Å². The van der Waals surface area contributed by atoms with Crippen molar-refractivity contribution in [1.29, 1.82) is 0 Å². The first kappa shape index (κ1) is 13.2. The van der Waals surface area contributed by atoms with Crippen molar-refractivity contribution in [2.24, 2.45) is 0 Å². The molecule has 0 radical (unpaired) electrons. The summed E-state index contributed by atoms with van der Waals surface area (Å²) in [5.74, 6) is 0.897. The Hall–Kier alpha value is -1.27. The van der Waals surface area contributed by atoms with Gasteiger partial charge >= 0.3 is 0 Å². The highest BCUT2D eigenvalue weighted by Gasteiger charge is 2.19. The van der Waals surface area contributed by atoms with E-state index in [4.69, 9.17) is 0 Å². The van der Waals surface area contributed by atoms with Gasteiger partial charge in [-0.2, -0.15) is 5.10 Å². The van der Waals surface area contributed by atoms with Crippen LogP contribution in [0.25, 0.3) is 0 Å². The summed E-state index contributed by atoms with van der Waals surface area (Å²) in [5, 5.41) is 7.48. The maximum atomic E-state index is 4.42. The molecule has 1 atom stereocenters. The highest BCUT2D eigenvalue weighted by Crippen LogP contribution is 2.19. The van der Waals surface area contributed by atoms with Gasteiger partial charge in [0.15, 0.2) is 0 Å². The van der Waals surface area contributed by atoms with Gasteiger partial charge in [0.05, 0.1) is 5.69 Å². The van der Waals surface area contributed by atoms with Crippen LogP contribution in [-0.2, 0) is 6.54 Å². The standard InChI is InChI=1S/C12H16BrN5/c1-3-6-18-12(16-8-17-18)11(14-2)10-5-4-9(13)7-15-10/h4-5,7-8,11,14H,3,6H2,1-2H3. The van der Waals surface area contributed by atoms with E-state index in [1.807, 2.05) is 23.9 Å². The minimum atomic E-state index is -0.0350. The summed E-state index contributed by atoms with van der Waals surface area (Å²) < 4.78 is 2.89. The summed E-state index contributed by atoms with van der Waals surface area (Å²) in [7, 11) is 1.90. The highest BCUT2D eigenvalue weighted by atomic mass is 79.9. The summed E-state index contributed by atoms with van der Waals surface area (Å²) in [6.07, 6.45) is 4.41. The number of aromatic nitrogens is 4. The van der Waals surface area contributed by atoms with Crippen LogP contribution in [0.2, 0.25) is 0 Å². The van der Waals surface area contributed by atoms with Crippen LogP contribution in [0.15, 0.2) is 29.1 Å². The Kier molecular flexibility index (Phi) is 4.43. The molecule has 1 unspecified atom stereocenters. The summed E-state index contributed by atoms with van der Waals surface area (Å²) in [6.45, 7) is 2.99. The van der Waals surface area contributed by atoms with Crippen LogP contribution in [0.1, 0.15) is 30.9 Å². The Morgan fingerprint density at radius 2 is 2.22 bits per heavy atom. The second kappa shape index (κ2) is 6.06. The van der Waals surface area contributed by atoms with Gasteiger partial charge in [0.1, 0.15) is 18.2 Å². The topological polar surface area (TPSA) is 55.6 Å². The summed E-state index contributed by atoms with van der Waals surface area (Å²) >= 11 is 3.39. The summed E-state index contributed by atoms with van der Waals surface area (Å²) in [4.78, 5) is 8.76. The van der Waals surface area contributed by atoms with Crippen LogP contribution in [0, 0.1) is 0 Å². The lowest BCUT2D eigenvalue weighted by molar-refractivity contribution is 0.520. The third-order valence-electron chi connectivity index (χ3n) is 2.67. The van der Waals surface area contributed by atoms with Gasteiger partial charge in [0, 0.05) is 17.2 Å². The zero-order valence-electron chi connectivity index (χ0n) is 10.5. The van der Waals surface area contributed by atoms with Crippen molar-refractivity contribution >= 4 is 15.9 Å². The molecule has 18 heavy (non-hydrogen) atoms. The lowest BCUT2D eigenvalue weighted by Gasteiger charge is -2.15. The molecule has 0 bridgehead atoms. The second-order valence-electron chi connectivity index (χ2n) is 3.96. The Bertz CT molecular complexity index is 493. The third-order valence-corrected chi connectivity index (χ3v) is 3.14. The molecule has 0 spiro atoms. The van der Waals surface area contributed by atoms with Crippen molar-refractivity contribution in [3.8, 4) is 0 Å². The van der Waals surface area contributed by atoms with Gasteiger partial charge in [-0.05, 0) is 41.5 Å². The van der Waals surface area contributed by atoms with Gasteiger partial charge in [-0.15, -0.1) is 0 Å². The zero-order valence-corrected chi connectivity index (χ0v) is 12.1. The molecule has 1 N–H and O–H groups in total. The number of hydrogen-bond donors (Lipinski definition) is 1. The predicted octanol–water partition coefficient (Wildman–Crippen LogP) is 2.15. The van der Waals surface area contributed by atoms with Crippen LogP contribution in [0.3, 0.4) is 0 Å². The number of nitrogens with zero attached hydrogens (tertiary/aromatic N) is 4. The molecule has 0 fully saturated rings. The van der Waals surface area contributed by atoms with Crippen molar-refractivity contribution in [1.82, 2.24) is 25.1 Å². The minimum absolute atomic E-state index is 0.0350. The van der Waals surface area contributed by atoms with E-state index in [1.165, 1.54) is 0 Å². The molecule has 2 aromatic heterocycles. The van der Waals surface area contributed by atoms with E-state index >= 15 is 0 Å². The maximum absolute atomic E-state index is 4.42. The van der Waals surface area contributed by atoms with Crippen LogP contribution < -0.4 is 5.32 Å². The fourth-order valence-corrected chi connectivity index (χ4v) is 2.08. The van der Waals surface area contributed by atoms with Crippen molar-refractivity contribution in [2.45, 2.75) is 25.9 Å². The van der Waals surface area contributed by atoms with E-state index in [1.54, 1.807) is 12.5 Å². The first-order valence-corrected chi connectivity index (χ1v) is 6.72. The predicted molar refractivity (Wildman–Crippen MR) is 73.2 cm³/mol. The van der Waals surface area contributed by atoms with E-state index in [0.717, 1.165) is 29.0 Å². The lowest BCUT2D eigenvalue weighted by Crippen LogP contribution is -2.23. The molecule has 96 valence electrons. The normalized spacial score (nSPS) is 12.6. The van der Waals surface area contributed by atoms with E-state index in [0.29, 0.717) is 0 Å². The van der Waals surface area contributed by atoms with Gasteiger partial charge in [-0.1, -0.05) is 6.92 Å². The fraction of sp³-hybridized carbons (Fsp3) is 0.417. The molecule has 0 aliphatic heterocycles. The van der Waals surface area contributed by atoms with E-state index < -0.39 is 0 Å². The van der Waals surface area contributed by atoms with Gasteiger partial charge in [-0.3, -0.25) is 4.98 Å². The zero-order chi connectivity index (χ0) is 13.0. The molecule has 0 saturated heterocycles. The Morgan fingerprint density at radius 1 is 1.39 bits per heavy atom. The van der Waals surface area contributed by atoms with Gasteiger partial charge in [-0.25, -0.2) is 9.67 Å². The molecule has 0 aliphatic rings. The van der Waals surface area contributed by atoms with Crippen LogP contribution in [0.5, 0.6) is 0 Å². The molecular formula is C12H16BrN5. The number of nitrogens with one attached hydrogen (secondary N) is 1. The highest BCUT2D eigenvalue weighted by molar-refractivity contribution is 9.10. The number of halogens is 1.